The van der Waals surface area contributed by atoms with E-state index in [-0.39, 0.29) is 5.82 Å². The first kappa shape index (κ1) is 13.2. The van der Waals surface area contributed by atoms with Crippen LogP contribution in [0.15, 0.2) is 12.3 Å². The Morgan fingerprint density at radius 2 is 2.12 bits per heavy atom. The van der Waals surface area contributed by atoms with Gasteiger partial charge in [-0.25, -0.2) is 13.8 Å². The smallest absolute Gasteiger partial charge is 0.168 e. The lowest BCUT2D eigenvalue weighted by Crippen LogP contribution is -2.28. The normalized spacial score (nSPS) is 10.5. The van der Waals surface area contributed by atoms with Crippen LogP contribution in [-0.4, -0.2) is 24.0 Å². The first-order chi connectivity index (χ1) is 7.69. The molecule has 0 aliphatic rings. The lowest BCUT2D eigenvalue weighted by atomic mass is 10.3. The fraction of sp³-hybridized carbons (Fsp3) is 0.545. The molecular weight excluding hydrogens is 234 g/mol. The van der Waals surface area contributed by atoms with E-state index in [2.05, 4.69) is 4.98 Å². The van der Waals surface area contributed by atoms with Gasteiger partial charge in [-0.15, -0.1) is 11.6 Å². The summed E-state index contributed by atoms with van der Waals surface area (Å²) in [4.78, 5) is 5.51. The summed E-state index contributed by atoms with van der Waals surface area (Å²) < 4.78 is 26.2. The van der Waals surface area contributed by atoms with Gasteiger partial charge in [-0.05, 0) is 6.42 Å². The quantitative estimate of drug-likeness (QED) is 0.719. The Labute approximate surface area is 99.2 Å². The van der Waals surface area contributed by atoms with Crippen LogP contribution in [-0.2, 0) is 0 Å². The number of anilines is 1. The van der Waals surface area contributed by atoms with Crippen molar-refractivity contribution in [3.05, 3.63) is 23.9 Å². The molecule has 0 N–H and O–H groups in total. The second-order valence-corrected chi connectivity index (χ2v) is 3.87. The molecule has 0 aromatic carbocycles. The standard InChI is InChI=1S/C11H15ClF2N2/c1-2-3-5-16(6-4-12)11-10(14)7-9(13)8-15-11/h7-8H,2-6H2,1H3. The predicted molar refractivity (Wildman–Crippen MR) is 62.0 cm³/mol. The third-order valence-corrected chi connectivity index (χ3v) is 2.39. The van der Waals surface area contributed by atoms with E-state index in [1.807, 2.05) is 6.92 Å². The number of nitrogens with zero attached hydrogens (tertiary/aromatic N) is 2. The van der Waals surface area contributed by atoms with Crippen LogP contribution in [0.3, 0.4) is 0 Å². The van der Waals surface area contributed by atoms with Crippen LogP contribution in [0.4, 0.5) is 14.6 Å². The minimum absolute atomic E-state index is 0.176. The van der Waals surface area contributed by atoms with Crippen LogP contribution >= 0.6 is 11.6 Å². The molecule has 0 fully saturated rings. The minimum Gasteiger partial charge on any atom is -0.353 e. The number of alkyl halides is 1. The van der Waals surface area contributed by atoms with Crippen molar-refractivity contribution < 1.29 is 8.78 Å². The van der Waals surface area contributed by atoms with Gasteiger partial charge in [0, 0.05) is 25.0 Å². The molecule has 2 nitrogen and oxygen atoms in total. The van der Waals surface area contributed by atoms with Crippen molar-refractivity contribution in [2.24, 2.45) is 0 Å². The summed E-state index contributed by atoms with van der Waals surface area (Å²) in [5.74, 6) is -0.735. The van der Waals surface area contributed by atoms with Gasteiger partial charge in [-0.2, -0.15) is 0 Å². The highest BCUT2D eigenvalue weighted by atomic mass is 35.5. The van der Waals surface area contributed by atoms with E-state index in [0.29, 0.717) is 19.0 Å². The van der Waals surface area contributed by atoms with Gasteiger partial charge < -0.3 is 4.90 Å². The van der Waals surface area contributed by atoms with Crippen molar-refractivity contribution in [3.63, 3.8) is 0 Å². The van der Waals surface area contributed by atoms with Gasteiger partial charge in [0.2, 0.25) is 0 Å². The molecule has 0 saturated carbocycles. The van der Waals surface area contributed by atoms with E-state index >= 15 is 0 Å². The molecule has 0 unspecified atom stereocenters. The maximum absolute atomic E-state index is 13.5. The Balaban J connectivity index is 2.82. The lowest BCUT2D eigenvalue weighted by molar-refractivity contribution is 0.565. The van der Waals surface area contributed by atoms with E-state index in [9.17, 15) is 8.78 Å². The summed E-state index contributed by atoms with van der Waals surface area (Å²) in [6, 6.07) is 0.843. The van der Waals surface area contributed by atoms with Crippen molar-refractivity contribution in [3.8, 4) is 0 Å². The molecule has 0 amide bonds. The highest BCUT2D eigenvalue weighted by Crippen LogP contribution is 2.17. The van der Waals surface area contributed by atoms with Crippen LogP contribution in [0.2, 0.25) is 0 Å². The Morgan fingerprint density at radius 3 is 2.69 bits per heavy atom. The number of aromatic nitrogens is 1. The molecule has 1 heterocycles. The zero-order valence-electron chi connectivity index (χ0n) is 9.22. The van der Waals surface area contributed by atoms with Crippen molar-refractivity contribution in [2.75, 3.05) is 23.9 Å². The molecule has 0 aliphatic heterocycles. The highest BCUT2D eigenvalue weighted by molar-refractivity contribution is 6.18. The van der Waals surface area contributed by atoms with Crippen molar-refractivity contribution >= 4 is 17.4 Å². The molecule has 5 heteroatoms. The Morgan fingerprint density at radius 1 is 1.38 bits per heavy atom. The first-order valence-electron chi connectivity index (χ1n) is 5.31. The molecule has 0 saturated heterocycles. The molecule has 1 aromatic heterocycles. The van der Waals surface area contributed by atoms with Gasteiger partial charge in [0.15, 0.2) is 11.6 Å². The molecule has 0 bridgehead atoms. The number of halogens is 3. The second-order valence-electron chi connectivity index (χ2n) is 3.49. The topological polar surface area (TPSA) is 16.1 Å². The zero-order chi connectivity index (χ0) is 12.0. The minimum atomic E-state index is -0.664. The van der Waals surface area contributed by atoms with Crippen LogP contribution in [0.1, 0.15) is 19.8 Å². The fourth-order valence-corrected chi connectivity index (χ4v) is 1.62. The maximum atomic E-state index is 13.5. The molecule has 0 atom stereocenters. The van der Waals surface area contributed by atoms with Crippen LogP contribution < -0.4 is 4.90 Å². The van der Waals surface area contributed by atoms with Gasteiger partial charge in [-0.1, -0.05) is 13.3 Å². The van der Waals surface area contributed by atoms with Crippen molar-refractivity contribution in [1.29, 1.82) is 0 Å². The zero-order valence-corrected chi connectivity index (χ0v) is 9.97. The van der Waals surface area contributed by atoms with Crippen LogP contribution in [0.5, 0.6) is 0 Å². The van der Waals surface area contributed by atoms with E-state index in [1.54, 1.807) is 4.90 Å². The second kappa shape index (κ2) is 6.63. The fourth-order valence-electron chi connectivity index (χ4n) is 1.41. The molecule has 16 heavy (non-hydrogen) atoms. The lowest BCUT2D eigenvalue weighted by Gasteiger charge is -2.22. The number of pyridine rings is 1. The molecule has 90 valence electrons. The SMILES string of the molecule is CCCCN(CCCl)c1ncc(F)cc1F. The number of unbranched alkanes of at least 4 members (excludes halogenated alkanes) is 1. The van der Waals surface area contributed by atoms with E-state index in [4.69, 9.17) is 11.6 Å². The summed E-state index contributed by atoms with van der Waals surface area (Å²) in [6.07, 6.45) is 2.95. The van der Waals surface area contributed by atoms with E-state index in [1.165, 1.54) is 0 Å². The third kappa shape index (κ3) is 3.59. The first-order valence-corrected chi connectivity index (χ1v) is 5.84. The van der Waals surface area contributed by atoms with Crippen LogP contribution in [0.25, 0.3) is 0 Å². The van der Waals surface area contributed by atoms with Gasteiger partial charge in [-0.3, -0.25) is 0 Å². The van der Waals surface area contributed by atoms with Gasteiger partial charge in [0.05, 0.1) is 6.20 Å². The third-order valence-electron chi connectivity index (χ3n) is 2.22. The average molecular weight is 249 g/mol. The molecule has 1 rings (SSSR count). The molecule has 0 aliphatic carbocycles. The van der Waals surface area contributed by atoms with Crippen LogP contribution in [0, 0.1) is 11.6 Å². The average Bonchev–Trinajstić information content (AvgIpc) is 2.25. The van der Waals surface area contributed by atoms with Crippen molar-refractivity contribution in [1.82, 2.24) is 4.98 Å². The summed E-state index contributed by atoms with van der Waals surface area (Å²) in [5.41, 5.74) is 0. The monoisotopic (exact) mass is 248 g/mol. The van der Waals surface area contributed by atoms with E-state index in [0.717, 1.165) is 25.1 Å². The molecule has 0 radical (unpaired) electrons. The Bertz CT molecular complexity index is 334. The Hall–Kier alpha value is -0.900. The van der Waals surface area contributed by atoms with Gasteiger partial charge in [0.1, 0.15) is 5.82 Å². The highest BCUT2D eigenvalue weighted by Gasteiger charge is 2.12. The van der Waals surface area contributed by atoms with Gasteiger partial charge >= 0.3 is 0 Å². The summed E-state index contributed by atoms with van der Waals surface area (Å²) in [5, 5.41) is 0. The number of hydrogen-bond acceptors (Lipinski definition) is 2. The molecular formula is C11H15ClF2N2. The summed E-state index contributed by atoms with van der Waals surface area (Å²) >= 11 is 5.64. The summed E-state index contributed by atoms with van der Waals surface area (Å²) in [7, 11) is 0. The largest absolute Gasteiger partial charge is 0.353 e. The Kier molecular flexibility index (Phi) is 5.46. The molecule has 0 spiro atoms. The molecule has 1 aromatic rings. The number of hydrogen-bond donors (Lipinski definition) is 0. The summed E-state index contributed by atoms with van der Waals surface area (Å²) in [6.45, 7) is 3.24. The van der Waals surface area contributed by atoms with Gasteiger partial charge in [0.25, 0.3) is 0 Å². The van der Waals surface area contributed by atoms with Crippen molar-refractivity contribution in [2.45, 2.75) is 19.8 Å². The van der Waals surface area contributed by atoms with E-state index < -0.39 is 11.6 Å². The predicted octanol–water partition coefficient (Wildman–Crippen LogP) is 3.21. The number of rotatable bonds is 6. The maximum Gasteiger partial charge on any atom is 0.168 e.